The van der Waals surface area contributed by atoms with Crippen molar-refractivity contribution in [3.8, 4) is 0 Å². The van der Waals surface area contributed by atoms with Gasteiger partial charge < -0.3 is 9.64 Å². The molecule has 1 aliphatic rings. The van der Waals surface area contributed by atoms with Gasteiger partial charge in [-0.2, -0.15) is 0 Å². The highest BCUT2D eigenvalue weighted by Gasteiger charge is 2.25. The number of carbonyl (C=O) groups excluding carboxylic acids is 1. The van der Waals surface area contributed by atoms with Gasteiger partial charge >= 0.3 is 5.97 Å². The molecule has 1 aliphatic heterocycles. The summed E-state index contributed by atoms with van der Waals surface area (Å²) in [6.07, 6.45) is 2.42. The average molecular weight is 282 g/mol. The van der Waals surface area contributed by atoms with E-state index in [4.69, 9.17) is 4.74 Å². The van der Waals surface area contributed by atoms with Crippen molar-refractivity contribution < 1.29 is 9.53 Å². The van der Waals surface area contributed by atoms with Crippen LogP contribution in [0.15, 0.2) is 0 Å². The topological polar surface area (TPSA) is 42.4 Å². The van der Waals surface area contributed by atoms with Gasteiger partial charge in [0.15, 0.2) is 5.13 Å². The van der Waals surface area contributed by atoms with E-state index in [1.54, 1.807) is 0 Å². The fourth-order valence-corrected chi connectivity index (χ4v) is 3.59. The van der Waals surface area contributed by atoms with Crippen LogP contribution in [0.2, 0.25) is 0 Å². The number of thiazole rings is 1. The van der Waals surface area contributed by atoms with Gasteiger partial charge in [-0.15, -0.1) is 0 Å². The number of aromatic nitrogens is 1. The summed E-state index contributed by atoms with van der Waals surface area (Å²) in [6.45, 7) is 8.53. The number of esters is 1. The van der Waals surface area contributed by atoms with E-state index in [2.05, 4.69) is 23.7 Å². The van der Waals surface area contributed by atoms with Crippen LogP contribution in [0.5, 0.6) is 0 Å². The van der Waals surface area contributed by atoms with Gasteiger partial charge in [0.1, 0.15) is 4.88 Å². The Kier molecular flexibility index (Phi) is 4.45. The molecule has 19 heavy (non-hydrogen) atoms. The van der Waals surface area contributed by atoms with E-state index in [0.29, 0.717) is 4.88 Å². The maximum atomic E-state index is 11.6. The van der Waals surface area contributed by atoms with Gasteiger partial charge in [-0.3, -0.25) is 0 Å². The zero-order valence-electron chi connectivity index (χ0n) is 12.1. The minimum atomic E-state index is -0.279. The van der Waals surface area contributed by atoms with Gasteiger partial charge in [-0.1, -0.05) is 25.2 Å². The summed E-state index contributed by atoms with van der Waals surface area (Å²) in [5.74, 6) is 1.29. The lowest BCUT2D eigenvalue weighted by Crippen LogP contribution is -2.35. The Bertz CT molecular complexity index is 448. The molecule has 1 fully saturated rings. The summed E-state index contributed by atoms with van der Waals surface area (Å²) in [5, 5.41) is 0.958. The number of ether oxygens (including phenoxy) is 1. The normalized spacial score (nSPS) is 17.0. The van der Waals surface area contributed by atoms with E-state index >= 15 is 0 Å². The van der Waals surface area contributed by atoms with Crippen molar-refractivity contribution >= 4 is 22.4 Å². The molecule has 0 saturated carbocycles. The van der Waals surface area contributed by atoms with Crippen LogP contribution in [-0.2, 0) is 4.74 Å². The van der Waals surface area contributed by atoms with Crippen molar-refractivity contribution in [3.63, 3.8) is 0 Å². The first-order valence-electron chi connectivity index (χ1n) is 6.83. The van der Waals surface area contributed by atoms with Crippen LogP contribution in [0, 0.1) is 18.8 Å². The van der Waals surface area contributed by atoms with Crippen LogP contribution in [-0.4, -0.2) is 31.2 Å². The van der Waals surface area contributed by atoms with Gasteiger partial charge in [0.2, 0.25) is 0 Å². The van der Waals surface area contributed by atoms with Crippen LogP contribution in [0.3, 0.4) is 0 Å². The summed E-state index contributed by atoms with van der Waals surface area (Å²) in [4.78, 5) is 19.0. The number of methoxy groups -OCH3 is 1. The van der Waals surface area contributed by atoms with Gasteiger partial charge in [0, 0.05) is 13.1 Å². The zero-order valence-corrected chi connectivity index (χ0v) is 12.9. The molecule has 4 nitrogen and oxygen atoms in total. The predicted octanol–water partition coefficient (Wildman–Crippen LogP) is 3.11. The zero-order chi connectivity index (χ0) is 14.0. The Morgan fingerprint density at radius 3 is 2.58 bits per heavy atom. The molecule has 0 atom stereocenters. The first-order valence-corrected chi connectivity index (χ1v) is 7.65. The molecule has 0 N–H and O–H groups in total. The monoisotopic (exact) mass is 282 g/mol. The number of anilines is 1. The van der Waals surface area contributed by atoms with Crippen molar-refractivity contribution in [1.82, 2.24) is 4.98 Å². The van der Waals surface area contributed by atoms with Gasteiger partial charge in [0.05, 0.1) is 12.8 Å². The maximum absolute atomic E-state index is 11.6. The molecule has 0 unspecified atom stereocenters. The highest BCUT2D eigenvalue weighted by molar-refractivity contribution is 7.17. The number of aryl methyl sites for hydroxylation is 1. The number of rotatable bonds is 3. The second-order valence-electron chi connectivity index (χ2n) is 5.47. The standard InChI is InChI=1S/C14H22N2O2S/c1-9(2)11-5-7-16(8-6-11)14-15-10(3)12(19-14)13(17)18-4/h9,11H,5-8H2,1-4H3. The highest BCUT2D eigenvalue weighted by atomic mass is 32.1. The van der Waals surface area contributed by atoms with Crippen molar-refractivity contribution in [3.05, 3.63) is 10.6 Å². The number of piperidine rings is 1. The van der Waals surface area contributed by atoms with E-state index < -0.39 is 0 Å². The Labute approximate surface area is 118 Å². The quantitative estimate of drug-likeness (QED) is 0.799. The van der Waals surface area contributed by atoms with Gasteiger partial charge in [0.25, 0.3) is 0 Å². The van der Waals surface area contributed by atoms with E-state index in [-0.39, 0.29) is 5.97 Å². The minimum absolute atomic E-state index is 0.279. The molecule has 0 bridgehead atoms. The number of hydrogen-bond donors (Lipinski definition) is 0. The number of nitrogens with zero attached hydrogens (tertiary/aromatic N) is 2. The van der Waals surface area contributed by atoms with Crippen LogP contribution in [0.4, 0.5) is 5.13 Å². The molecule has 0 amide bonds. The second-order valence-corrected chi connectivity index (χ2v) is 6.45. The van der Waals surface area contributed by atoms with E-state index in [9.17, 15) is 4.79 Å². The lowest BCUT2D eigenvalue weighted by atomic mass is 9.87. The molecule has 1 saturated heterocycles. The summed E-state index contributed by atoms with van der Waals surface area (Å²) >= 11 is 1.45. The third-order valence-corrected chi connectivity index (χ3v) is 5.11. The number of carbonyl (C=O) groups is 1. The molecular formula is C14H22N2O2S. The summed E-state index contributed by atoms with van der Waals surface area (Å²) in [6, 6.07) is 0. The molecule has 0 spiro atoms. The predicted molar refractivity (Wildman–Crippen MR) is 78.0 cm³/mol. The molecular weight excluding hydrogens is 260 g/mol. The molecule has 5 heteroatoms. The molecule has 2 rings (SSSR count). The molecule has 2 heterocycles. The average Bonchev–Trinajstić information content (AvgIpc) is 2.80. The molecule has 0 aromatic carbocycles. The summed E-state index contributed by atoms with van der Waals surface area (Å²) in [5.41, 5.74) is 0.776. The Morgan fingerprint density at radius 2 is 2.05 bits per heavy atom. The number of hydrogen-bond acceptors (Lipinski definition) is 5. The second kappa shape index (κ2) is 5.90. The third-order valence-electron chi connectivity index (χ3n) is 3.91. The SMILES string of the molecule is COC(=O)c1sc(N2CCC(C(C)C)CC2)nc1C. The molecule has 106 valence electrons. The Hall–Kier alpha value is -1.10. The van der Waals surface area contributed by atoms with Crippen molar-refractivity contribution in [2.75, 3.05) is 25.1 Å². The Morgan fingerprint density at radius 1 is 1.42 bits per heavy atom. The minimum Gasteiger partial charge on any atom is -0.465 e. The van der Waals surface area contributed by atoms with Gasteiger partial charge in [-0.25, -0.2) is 9.78 Å². The summed E-state index contributed by atoms with van der Waals surface area (Å²) in [7, 11) is 1.41. The van der Waals surface area contributed by atoms with E-state index in [1.807, 2.05) is 6.92 Å². The fourth-order valence-electron chi connectivity index (χ4n) is 2.56. The largest absolute Gasteiger partial charge is 0.465 e. The fraction of sp³-hybridized carbons (Fsp3) is 0.714. The van der Waals surface area contributed by atoms with E-state index in [1.165, 1.54) is 31.3 Å². The molecule has 1 aromatic rings. The van der Waals surface area contributed by atoms with Crippen molar-refractivity contribution in [1.29, 1.82) is 0 Å². The first-order chi connectivity index (χ1) is 9.02. The smallest absolute Gasteiger partial charge is 0.350 e. The lowest BCUT2D eigenvalue weighted by molar-refractivity contribution is 0.0605. The van der Waals surface area contributed by atoms with E-state index in [0.717, 1.165) is 35.8 Å². The van der Waals surface area contributed by atoms with Gasteiger partial charge in [-0.05, 0) is 31.6 Å². The van der Waals surface area contributed by atoms with Crippen LogP contribution in [0.1, 0.15) is 42.1 Å². The van der Waals surface area contributed by atoms with Crippen molar-refractivity contribution in [2.45, 2.75) is 33.6 Å². The van der Waals surface area contributed by atoms with Crippen LogP contribution >= 0.6 is 11.3 Å². The van der Waals surface area contributed by atoms with Crippen LogP contribution < -0.4 is 4.90 Å². The molecule has 0 aliphatic carbocycles. The maximum Gasteiger partial charge on any atom is 0.350 e. The summed E-state index contributed by atoms with van der Waals surface area (Å²) < 4.78 is 4.78. The third kappa shape index (κ3) is 3.08. The Balaban J connectivity index is 2.06. The van der Waals surface area contributed by atoms with Crippen molar-refractivity contribution in [2.24, 2.45) is 11.8 Å². The molecule has 0 radical (unpaired) electrons. The van der Waals surface area contributed by atoms with Crippen LogP contribution in [0.25, 0.3) is 0 Å². The first kappa shape index (κ1) is 14.3. The molecule has 1 aromatic heterocycles. The lowest BCUT2D eigenvalue weighted by Gasteiger charge is -2.33. The highest BCUT2D eigenvalue weighted by Crippen LogP contribution is 2.31.